The van der Waals surface area contributed by atoms with Gasteiger partial charge in [-0.15, -0.1) is 0 Å². The lowest BCUT2D eigenvalue weighted by Gasteiger charge is -2.22. The van der Waals surface area contributed by atoms with Crippen LogP contribution in [0.4, 0.5) is 4.79 Å². The monoisotopic (exact) mass is 266 g/mol. The molecule has 0 aliphatic heterocycles. The summed E-state index contributed by atoms with van der Waals surface area (Å²) in [6, 6.07) is 9.41. The number of ether oxygens (including phenoxy) is 1. The first kappa shape index (κ1) is 15.2. The maximum absolute atomic E-state index is 11.1. The van der Waals surface area contributed by atoms with Gasteiger partial charge in [0.05, 0.1) is 0 Å². The summed E-state index contributed by atoms with van der Waals surface area (Å²) in [6.07, 6.45) is -0.980. The number of carbonyl (C=O) groups excluding carboxylic acids is 1. The van der Waals surface area contributed by atoms with E-state index < -0.39 is 11.8 Å². The predicted molar refractivity (Wildman–Crippen MR) is 68.9 cm³/mol. The number of benzene rings is 1. The van der Waals surface area contributed by atoms with Gasteiger partial charge in [-0.1, -0.05) is 36.9 Å². The van der Waals surface area contributed by atoms with Crippen LogP contribution in [0.5, 0.6) is 0 Å². The van der Waals surface area contributed by atoms with Crippen molar-refractivity contribution in [1.82, 2.24) is 0 Å². The van der Waals surface area contributed by atoms with Gasteiger partial charge < -0.3 is 4.74 Å². The molecule has 19 heavy (non-hydrogen) atoms. The van der Waals surface area contributed by atoms with Gasteiger partial charge in [0.1, 0.15) is 12.2 Å². The second kappa shape index (κ2) is 6.92. The summed E-state index contributed by atoms with van der Waals surface area (Å²) in [4.78, 5) is 20.5. The molecule has 0 N–H and O–H groups in total. The van der Waals surface area contributed by atoms with E-state index in [1.54, 1.807) is 20.8 Å². The van der Waals surface area contributed by atoms with Gasteiger partial charge in [-0.3, -0.25) is 0 Å². The fourth-order valence-electron chi connectivity index (χ4n) is 1.22. The Kier molecular flexibility index (Phi) is 5.54. The molecule has 0 aromatic heterocycles. The second-order valence-electron chi connectivity index (χ2n) is 4.61. The SMILES string of the molecule is C=C(C)COC(=O)OOOC(C)(C)c1ccccc1. The molecular formula is C14H18O5. The Labute approximate surface area is 112 Å². The van der Waals surface area contributed by atoms with E-state index in [9.17, 15) is 4.79 Å². The van der Waals surface area contributed by atoms with Gasteiger partial charge in [-0.05, 0) is 36.9 Å². The highest BCUT2D eigenvalue weighted by Gasteiger charge is 2.24. The molecular weight excluding hydrogens is 248 g/mol. The first-order valence-electron chi connectivity index (χ1n) is 5.81. The smallest absolute Gasteiger partial charge is 0.428 e. The topological polar surface area (TPSA) is 54.0 Å². The highest BCUT2D eigenvalue weighted by atomic mass is 17.5. The standard InChI is InChI=1S/C14H18O5/c1-11(2)10-16-13(15)17-19-18-14(3,4)12-8-6-5-7-9-12/h5-9H,1,10H2,2-4H3. The van der Waals surface area contributed by atoms with Crippen molar-refractivity contribution >= 4 is 6.16 Å². The van der Waals surface area contributed by atoms with E-state index in [0.717, 1.165) is 5.56 Å². The average Bonchev–Trinajstić information content (AvgIpc) is 2.37. The van der Waals surface area contributed by atoms with E-state index in [1.807, 2.05) is 30.3 Å². The third-order valence-corrected chi connectivity index (χ3v) is 2.25. The van der Waals surface area contributed by atoms with Crippen molar-refractivity contribution in [3.05, 3.63) is 48.0 Å². The number of hydrogen-bond donors (Lipinski definition) is 0. The van der Waals surface area contributed by atoms with Gasteiger partial charge in [0, 0.05) is 0 Å². The molecule has 0 amide bonds. The third-order valence-electron chi connectivity index (χ3n) is 2.25. The minimum Gasteiger partial charge on any atom is -0.428 e. The van der Waals surface area contributed by atoms with Crippen LogP contribution in [-0.4, -0.2) is 12.8 Å². The van der Waals surface area contributed by atoms with E-state index >= 15 is 0 Å². The average molecular weight is 266 g/mol. The molecule has 0 atom stereocenters. The minimum atomic E-state index is -0.980. The quantitative estimate of drug-likeness (QED) is 0.341. The van der Waals surface area contributed by atoms with Gasteiger partial charge in [0.15, 0.2) is 0 Å². The molecule has 1 aromatic carbocycles. The summed E-state index contributed by atoms with van der Waals surface area (Å²) in [7, 11) is 0. The van der Waals surface area contributed by atoms with Crippen LogP contribution in [0.3, 0.4) is 0 Å². The Bertz CT molecular complexity index is 425. The lowest BCUT2D eigenvalue weighted by molar-refractivity contribution is -0.520. The van der Waals surface area contributed by atoms with Crippen LogP contribution in [0.15, 0.2) is 42.5 Å². The van der Waals surface area contributed by atoms with Crippen LogP contribution >= 0.6 is 0 Å². The maximum Gasteiger partial charge on any atom is 0.542 e. The van der Waals surface area contributed by atoms with E-state index in [2.05, 4.69) is 21.2 Å². The summed E-state index contributed by atoms with van der Waals surface area (Å²) >= 11 is 0. The molecule has 104 valence electrons. The van der Waals surface area contributed by atoms with Crippen molar-refractivity contribution in [2.75, 3.05) is 6.61 Å². The molecule has 0 fully saturated rings. The molecule has 0 saturated heterocycles. The highest BCUT2D eigenvalue weighted by molar-refractivity contribution is 5.59. The first-order valence-corrected chi connectivity index (χ1v) is 5.81. The summed E-state index contributed by atoms with van der Waals surface area (Å²) in [5.41, 5.74) is 0.826. The van der Waals surface area contributed by atoms with E-state index in [-0.39, 0.29) is 6.61 Å². The lowest BCUT2D eigenvalue weighted by atomic mass is 9.99. The Balaban J connectivity index is 2.36. The Hall–Kier alpha value is -1.85. The summed E-state index contributed by atoms with van der Waals surface area (Å²) in [5.74, 6) is 0. The van der Waals surface area contributed by atoms with Gasteiger partial charge in [0.2, 0.25) is 0 Å². The molecule has 5 heteroatoms. The summed E-state index contributed by atoms with van der Waals surface area (Å²) in [6.45, 7) is 8.95. The van der Waals surface area contributed by atoms with E-state index in [4.69, 9.17) is 4.89 Å². The molecule has 0 radical (unpaired) electrons. The molecule has 0 bridgehead atoms. The Morgan fingerprint density at radius 2 is 1.89 bits per heavy atom. The van der Waals surface area contributed by atoms with E-state index in [1.165, 1.54) is 0 Å². The number of rotatable bonds is 6. The fraction of sp³-hybridized carbons (Fsp3) is 0.357. The zero-order valence-electron chi connectivity index (χ0n) is 11.3. The lowest BCUT2D eigenvalue weighted by Crippen LogP contribution is -2.23. The Morgan fingerprint density at radius 3 is 2.47 bits per heavy atom. The predicted octanol–water partition coefficient (Wildman–Crippen LogP) is 3.51. The minimum absolute atomic E-state index is 0.0737. The van der Waals surface area contributed by atoms with Gasteiger partial charge in [-0.2, -0.15) is 4.89 Å². The molecule has 0 unspecified atom stereocenters. The van der Waals surface area contributed by atoms with Gasteiger partial charge >= 0.3 is 6.16 Å². The van der Waals surface area contributed by atoms with Crippen LogP contribution in [0, 0.1) is 0 Å². The number of hydrogen-bond acceptors (Lipinski definition) is 5. The largest absolute Gasteiger partial charge is 0.542 e. The Morgan fingerprint density at radius 1 is 1.26 bits per heavy atom. The summed E-state index contributed by atoms with van der Waals surface area (Å²) < 4.78 is 4.66. The van der Waals surface area contributed by atoms with Crippen LogP contribution in [0.25, 0.3) is 0 Å². The van der Waals surface area contributed by atoms with Crippen molar-refractivity contribution in [3.63, 3.8) is 0 Å². The normalized spacial score (nSPS) is 10.9. The molecule has 0 heterocycles. The van der Waals surface area contributed by atoms with Crippen molar-refractivity contribution < 1.29 is 24.3 Å². The van der Waals surface area contributed by atoms with Crippen molar-refractivity contribution in [2.24, 2.45) is 0 Å². The maximum atomic E-state index is 11.1. The van der Waals surface area contributed by atoms with Crippen LogP contribution < -0.4 is 0 Å². The van der Waals surface area contributed by atoms with Crippen LogP contribution in [-0.2, 0) is 25.2 Å². The van der Waals surface area contributed by atoms with Gasteiger partial charge in [0.25, 0.3) is 0 Å². The number of carbonyl (C=O) groups is 1. The molecule has 0 aliphatic rings. The van der Waals surface area contributed by atoms with Crippen molar-refractivity contribution in [3.8, 4) is 0 Å². The van der Waals surface area contributed by atoms with Crippen molar-refractivity contribution in [1.29, 1.82) is 0 Å². The fourth-order valence-corrected chi connectivity index (χ4v) is 1.22. The zero-order valence-corrected chi connectivity index (χ0v) is 11.3. The molecule has 0 spiro atoms. The van der Waals surface area contributed by atoms with Crippen LogP contribution in [0.1, 0.15) is 26.3 Å². The van der Waals surface area contributed by atoms with Crippen molar-refractivity contribution in [2.45, 2.75) is 26.4 Å². The van der Waals surface area contributed by atoms with Gasteiger partial charge in [-0.25, -0.2) is 9.68 Å². The van der Waals surface area contributed by atoms with E-state index in [0.29, 0.717) is 5.57 Å². The third kappa shape index (κ3) is 5.54. The second-order valence-corrected chi connectivity index (χ2v) is 4.61. The molecule has 5 nitrogen and oxygen atoms in total. The summed E-state index contributed by atoms with van der Waals surface area (Å²) in [5, 5.41) is 4.44. The molecule has 0 aliphatic carbocycles. The van der Waals surface area contributed by atoms with Crippen LogP contribution in [0.2, 0.25) is 0 Å². The zero-order chi connectivity index (χ0) is 14.3. The molecule has 0 saturated carbocycles. The first-order chi connectivity index (χ1) is 8.92. The molecule has 1 rings (SSSR count). The highest BCUT2D eigenvalue weighted by Crippen LogP contribution is 2.24. The molecule has 1 aromatic rings.